The first-order valence-corrected chi connectivity index (χ1v) is 13.1. The molecule has 1 aromatic heterocycles. The molecule has 178 valence electrons. The van der Waals surface area contributed by atoms with Crippen molar-refractivity contribution < 1.29 is 56.3 Å². The summed E-state index contributed by atoms with van der Waals surface area (Å²) < 4.78 is 51.7. The number of aryl methyl sites for hydroxylation is 1. The van der Waals surface area contributed by atoms with Gasteiger partial charge in [0.15, 0.2) is 0 Å². The minimum Gasteiger partial charge on any atom is -0.390 e. The number of nitrogens with one attached hydrogen (secondary N) is 1. The van der Waals surface area contributed by atoms with Crippen LogP contribution in [-0.4, -0.2) is 53.0 Å². The second-order valence-electron chi connectivity index (χ2n) is 6.39. The fraction of sp³-hybridized carbons (Fsp3) is 0.667. The first kappa shape index (κ1) is 26.3. The average molecular weight is 510 g/mol. The maximum Gasteiger partial charge on any atom is 0.490 e. The number of phosphoric acid groups is 3. The molecule has 2 heterocycles. The van der Waals surface area contributed by atoms with Crippen molar-refractivity contribution in [2.45, 2.75) is 44.6 Å². The first-order valence-electron chi connectivity index (χ1n) is 8.58. The van der Waals surface area contributed by atoms with Crippen molar-refractivity contribution in [2.75, 3.05) is 6.61 Å². The zero-order valence-electron chi connectivity index (χ0n) is 15.8. The highest BCUT2D eigenvalue weighted by Crippen LogP contribution is 2.66. The number of H-pyrrole nitrogens is 1. The Morgan fingerprint density at radius 2 is 1.81 bits per heavy atom. The summed E-state index contributed by atoms with van der Waals surface area (Å²) in [4.78, 5) is 61.5. The van der Waals surface area contributed by atoms with Crippen LogP contribution in [0.5, 0.6) is 0 Å². The third kappa shape index (κ3) is 7.82. The van der Waals surface area contributed by atoms with Crippen LogP contribution in [0.4, 0.5) is 0 Å². The van der Waals surface area contributed by atoms with Gasteiger partial charge in [-0.05, 0) is 6.42 Å². The number of phosphoric ester groups is 1. The Hall–Kier alpha value is -0.990. The lowest BCUT2D eigenvalue weighted by Gasteiger charge is -2.19. The molecule has 2 rings (SSSR count). The molecule has 1 fully saturated rings. The van der Waals surface area contributed by atoms with Crippen molar-refractivity contribution in [1.82, 2.24) is 9.55 Å². The predicted octanol–water partition coefficient (Wildman–Crippen LogP) is -0.519. The van der Waals surface area contributed by atoms with Crippen molar-refractivity contribution in [3.63, 3.8) is 0 Å². The van der Waals surface area contributed by atoms with Crippen LogP contribution in [0.1, 0.15) is 31.6 Å². The lowest BCUT2D eigenvalue weighted by Crippen LogP contribution is -2.34. The molecule has 0 spiro atoms. The summed E-state index contributed by atoms with van der Waals surface area (Å²) in [5.74, 6) is 0. The Bertz CT molecular complexity index is 1050. The van der Waals surface area contributed by atoms with E-state index in [0.717, 1.165) is 4.57 Å². The number of aliphatic hydroxyl groups is 1. The van der Waals surface area contributed by atoms with E-state index in [1.807, 2.05) is 6.92 Å². The summed E-state index contributed by atoms with van der Waals surface area (Å²) >= 11 is 0. The highest BCUT2D eigenvalue weighted by molar-refractivity contribution is 7.66. The topological polar surface area (TPSA) is 244 Å². The predicted molar refractivity (Wildman–Crippen MR) is 99.7 cm³/mol. The van der Waals surface area contributed by atoms with E-state index < -0.39 is 59.8 Å². The minimum atomic E-state index is -5.68. The summed E-state index contributed by atoms with van der Waals surface area (Å²) in [6.45, 7) is 0.949. The van der Waals surface area contributed by atoms with Crippen LogP contribution in [0.25, 0.3) is 0 Å². The minimum absolute atomic E-state index is 0.165. The van der Waals surface area contributed by atoms with E-state index in [-0.39, 0.29) is 6.42 Å². The number of hydrogen-bond donors (Lipinski definition) is 6. The molecule has 1 aromatic rings. The summed E-state index contributed by atoms with van der Waals surface area (Å²) in [7, 11) is -16.6. The Kier molecular flexibility index (Phi) is 8.37. The molecule has 1 aliphatic heterocycles. The van der Waals surface area contributed by atoms with E-state index in [1.165, 1.54) is 6.20 Å². The first-order chi connectivity index (χ1) is 14.1. The van der Waals surface area contributed by atoms with Crippen molar-refractivity contribution >= 4 is 23.5 Å². The standard InChI is InChI=1S/C12H21N2O14P3/c1-2-3-7-5-14(12(17)13-11(7)16)10-4-8(15)9(26-10)6-25-30(21,22)28-31(23,24)27-29(18,19)20/h5,8-10,15H,2-4,6H2,1H3,(H,21,22)(H,23,24)(H,13,16,17)(H2,18,19,20)/t8-,9+,10+/m0/s1. The van der Waals surface area contributed by atoms with E-state index in [4.69, 9.17) is 19.4 Å². The average Bonchev–Trinajstić information content (AvgIpc) is 2.93. The number of nitrogens with zero attached hydrogens (tertiary/aromatic N) is 1. The van der Waals surface area contributed by atoms with Crippen LogP contribution in [0, 0.1) is 0 Å². The summed E-state index contributed by atoms with van der Waals surface area (Å²) in [5, 5.41) is 10.1. The van der Waals surface area contributed by atoms with Gasteiger partial charge in [-0.1, -0.05) is 13.3 Å². The molecular formula is C12H21N2O14P3. The summed E-state index contributed by atoms with van der Waals surface area (Å²) in [5.41, 5.74) is -1.07. The van der Waals surface area contributed by atoms with Crippen LogP contribution in [0.3, 0.4) is 0 Å². The quantitative estimate of drug-likeness (QED) is 0.217. The van der Waals surface area contributed by atoms with Crippen LogP contribution in [-0.2, 0) is 38.0 Å². The third-order valence-electron chi connectivity index (χ3n) is 3.89. The lowest BCUT2D eigenvalue weighted by atomic mass is 10.2. The van der Waals surface area contributed by atoms with E-state index in [2.05, 4.69) is 18.1 Å². The van der Waals surface area contributed by atoms with E-state index in [9.17, 15) is 33.3 Å². The molecule has 1 aliphatic rings. The van der Waals surface area contributed by atoms with Crippen LogP contribution < -0.4 is 11.2 Å². The fourth-order valence-corrected chi connectivity index (χ4v) is 5.73. The number of hydrogen-bond acceptors (Lipinski definition) is 10. The molecule has 1 saturated heterocycles. The highest BCUT2D eigenvalue weighted by atomic mass is 31.3. The van der Waals surface area contributed by atoms with E-state index >= 15 is 0 Å². The molecule has 16 nitrogen and oxygen atoms in total. The van der Waals surface area contributed by atoms with Gasteiger partial charge in [0.1, 0.15) is 12.3 Å². The molecule has 0 bridgehead atoms. The second-order valence-corrected chi connectivity index (χ2v) is 10.8. The molecule has 19 heteroatoms. The van der Waals surface area contributed by atoms with Crippen molar-refractivity contribution in [1.29, 1.82) is 0 Å². The van der Waals surface area contributed by atoms with Gasteiger partial charge in [0, 0.05) is 18.2 Å². The van der Waals surface area contributed by atoms with Crippen LogP contribution in [0.2, 0.25) is 0 Å². The maximum absolute atomic E-state index is 12.1. The normalized spacial score (nSPS) is 25.8. The number of aromatic amines is 1. The monoisotopic (exact) mass is 510 g/mol. The van der Waals surface area contributed by atoms with Crippen LogP contribution >= 0.6 is 23.5 Å². The third-order valence-corrected chi connectivity index (χ3v) is 7.70. The van der Waals surface area contributed by atoms with Crippen molar-refractivity contribution in [2.24, 2.45) is 0 Å². The van der Waals surface area contributed by atoms with Gasteiger partial charge in [-0.25, -0.2) is 18.5 Å². The smallest absolute Gasteiger partial charge is 0.390 e. The largest absolute Gasteiger partial charge is 0.490 e. The Morgan fingerprint density at radius 1 is 1.16 bits per heavy atom. The molecule has 0 saturated carbocycles. The Labute approximate surface area is 173 Å². The Morgan fingerprint density at radius 3 is 2.39 bits per heavy atom. The number of aliphatic hydroxyl groups excluding tert-OH is 1. The molecule has 5 atom stereocenters. The van der Waals surface area contributed by atoms with E-state index in [0.29, 0.717) is 18.4 Å². The number of rotatable bonds is 10. The molecule has 2 unspecified atom stereocenters. The second kappa shape index (κ2) is 9.87. The highest BCUT2D eigenvalue weighted by Gasteiger charge is 2.43. The number of ether oxygens (including phenoxy) is 1. The molecular weight excluding hydrogens is 489 g/mol. The fourth-order valence-electron chi connectivity index (χ4n) is 2.70. The van der Waals surface area contributed by atoms with Gasteiger partial charge in [-0.2, -0.15) is 8.62 Å². The SMILES string of the molecule is CCCc1cn([C@H]2C[C@H](O)[C@@H](COP(=O)(O)OP(=O)(O)OP(=O)(O)O)O2)c(=O)[nH]c1=O. The molecule has 0 aliphatic carbocycles. The summed E-state index contributed by atoms with van der Waals surface area (Å²) in [6, 6.07) is 0. The summed E-state index contributed by atoms with van der Waals surface area (Å²) in [6.07, 6.45) is -1.58. The van der Waals surface area contributed by atoms with Gasteiger partial charge in [-0.15, -0.1) is 0 Å². The zero-order chi connectivity index (χ0) is 23.6. The van der Waals surface area contributed by atoms with E-state index in [1.54, 1.807) is 0 Å². The van der Waals surface area contributed by atoms with Gasteiger partial charge in [0.25, 0.3) is 5.56 Å². The maximum atomic E-state index is 12.1. The van der Waals surface area contributed by atoms with Gasteiger partial charge >= 0.3 is 29.2 Å². The van der Waals surface area contributed by atoms with Crippen LogP contribution in [0.15, 0.2) is 15.8 Å². The molecule has 31 heavy (non-hydrogen) atoms. The molecule has 0 amide bonds. The lowest BCUT2D eigenvalue weighted by molar-refractivity contribution is -0.0450. The zero-order valence-corrected chi connectivity index (χ0v) is 18.5. The molecule has 0 aromatic carbocycles. The van der Waals surface area contributed by atoms with Gasteiger partial charge in [0.2, 0.25) is 0 Å². The van der Waals surface area contributed by atoms with Crippen molar-refractivity contribution in [3.8, 4) is 0 Å². The van der Waals surface area contributed by atoms with Crippen molar-refractivity contribution in [3.05, 3.63) is 32.6 Å². The van der Waals surface area contributed by atoms with Gasteiger partial charge in [0.05, 0.1) is 12.7 Å². The Balaban J connectivity index is 2.06. The molecule has 6 N–H and O–H groups in total. The van der Waals surface area contributed by atoms with Gasteiger partial charge in [-0.3, -0.25) is 18.9 Å². The number of aromatic nitrogens is 2. The molecule has 0 radical (unpaired) electrons. The van der Waals surface area contributed by atoms with Gasteiger partial charge < -0.3 is 29.4 Å².